The van der Waals surface area contributed by atoms with E-state index < -0.39 is 6.29 Å². The first-order valence-corrected chi connectivity index (χ1v) is 8.11. The number of hydrogen-bond donors (Lipinski definition) is 1. The van der Waals surface area contributed by atoms with Gasteiger partial charge in [0, 0.05) is 37.8 Å². The first kappa shape index (κ1) is 17.0. The average molecular weight is 340 g/mol. The highest BCUT2D eigenvalue weighted by atomic mass is 16.6. The molecule has 0 saturated heterocycles. The first-order chi connectivity index (χ1) is 12.3. The number of aliphatic hydroxyl groups is 1. The molecule has 6 nitrogen and oxygen atoms in total. The Bertz CT molecular complexity index is 740. The van der Waals surface area contributed by atoms with Crippen molar-refractivity contribution in [3.63, 3.8) is 0 Å². The third-order valence-electron chi connectivity index (χ3n) is 3.75. The molecule has 3 aromatic heterocycles. The van der Waals surface area contributed by atoms with Crippen LogP contribution in [0.3, 0.4) is 0 Å². The lowest BCUT2D eigenvalue weighted by molar-refractivity contribution is -0.411. The van der Waals surface area contributed by atoms with E-state index in [1.54, 1.807) is 0 Å². The summed E-state index contributed by atoms with van der Waals surface area (Å²) in [6, 6.07) is 15.6. The van der Waals surface area contributed by atoms with E-state index in [-0.39, 0.29) is 0 Å². The van der Waals surface area contributed by atoms with Crippen LogP contribution in [-0.4, -0.2) is 25.1 Å². The van der Waals surface area contributed by atoms with Gasteiger partial charge in [0.25, 0.3) is 22.8 Å². The van der Waals surface area contributed by atoms with Gasteiger partial charge >= 0.3 is 0 Å². The van der Waals surface area contributed by atoms with E-state index in [1.165, 1.54) is 7.11 Å². The number of rotatable bonds is 7. The van der Waals surface area contributed by atoms with Crippen molar-refractivity contribution in [1.82, 2.24) is 0 Å². The second kappa shape index (κ2) is 8.32. The summed E-state index contributed by atoms with van der Waals surface area (Å²) in [6.07, 6.45) is 3.33. The van der Waals surface area contributed by atoms with Gasteiger partial charge in [-0.1, -0.05) is 0 Å². The lowest BCUT2D eigenvalue weighted by Crippen LogP contribution is -2.20. The van der Waals surface area contributed by atoms with Crippen LogP contribution < -0.4 is 19.7 Å². The summed E-state index contributed by atoms with van der Waals surface area (Å²) in [5.74, 6) is 0.710. The van der Waals surface area contributed by atoms with Crippen molar-refractivity contribution in [2.75, 3.05) is 13.7 Å². The topological polar surface area (TPSA) is 81.1 Å². The fourth-order valence-electron chi connectivity index (χ4n) is 2.43. The minimum absolute atomic E-state index is 0.356. The summed E-state index contributed by atoms with van der Waals surface area (Å²) in [7, 11) is 1.47. The van der Waals surface area contributed by atoms with Gasteiger partial charge in [-0.2, -0.15) is 4.98 Å². The van der Waals surface area contributed by atoms with Crippen molar-refractivity contribution in [3.05, 3.63) is 60.9 Å². The predicted molar refractivity (Wildman–Crippen MR) is 90.1 cm³/mol. The van der Waals surface area contributed by atoms with E-state index in [1.807, 2.05) is 60.9 Å². The lowest BCUT2D eigenvalue weighted by atomic mass is 10.2. The number of methoxy groups -OCH3 is 1. The Hall–Kier alpha value is -2.83. The fraction of sp³-hybridized carbons (Fsp3) is 0.211. The molecule has 3 heterocycles. The van der Waals surface area contributed by atoms with Gasteiger partial charge in [-0.25, -0.2) is 9.97 Å². The lowest BCUT2D eigenvalue weighted by Gasteiger charge is -2.09. The van der Waals surface area contributed by atoms with Crippen LogP contribution in [0.15, 0.2) is 60.9 Å². The van der Waals surface area contributed by atoms with Crippen molar-refractivity contribution >= 4 is 0 Å². The molecule has 0 amide bonds. The van der Waals surface area contributed by atoms with E-state index in [0.717, 1.165) is 22.8 Å². The van der Waals surface area contributed by atoms with E-state index in [0.29, 0.717) is 18.8 Å². The van der Waals surface area contributed by atoms with Crippen LogP contribution in [0.25, 0.3) is 22.8 Å². The third-order valence-corrected chi connectivity index (χ3v) is 3.75. The molecule has 0 aromatic carbocycles. The fourth-order valence-corrected chi connectivity index (χ4v) is 2.43. The molecule has 0 saturated carbocycles. The Labute approximate surface area is 146 Å². The number of H-pyrrole nitrogens is 3. The van der Waals surface area contributed by atoms with E-state index >= 15 is 0 Å². The predicted octanol–water partition coefficient (Wildman–Crippen LogP) is 1.20. The van der Waals surface area contributed by atoms with Gasteiger partial charge in [0.2, 0.25) is 0 Å². The molecule has 128 valence electrons. The number of aromatic amines is 3. The molecule has 3 aromatic rings. The molecule has 0 fully saturated rings. The summed E-state index contributed by atoms with van der Waals surface area (Å²) in [6.45, 7) is 0.356. The van der Waals surface area contributed by atoms with Crippen LogP contribution in [0.5, 0.6) is 5.75 Å². The van der Waals surface area contributed by atoms with Gasteiger partial charge in [0.05, 0.1) is 18.7 Å². The molecular formula is C19H22N3O3+3. The molecule has 1 unspecified atom stereocenters. The van der Waals surface area contributed by atoms with Gasteiger partial charge in [0.1, 0.15) is 5.75 Å². The molecule has 0 bridgehead atoms. The largest absolute Gasteiger partial charge is 0.493 e. The molecule has 3 rings (SSSR count). The normalized spacial score (nSPS) is 11.9. The maximum absolute atomic E-state index is 9.48. The number of aliphatic hydroxyl groups excluding tert-OH is 1. The van der Waals surface area contributed by atoms with Crippen LogP contribution in [0.2, 0.25) is 0 Å². The molecule has 25 heavy (non-hydrogen) atoms. The number of aromatic nitrogens is 3. The third kappa shape index (κ3) is 4.59. The second-order valence-electron chi connectivity index (χ2n) is 5.52. The molecule has 0 aliphatic rings. The Morgan fingerprint density at radius 2 is 1.52 bits per heavy atom. The summed E-state index contributed by atoms with van der Waals surface area (Å²) in [5.41, 5.74) is 3.69. The maximum Gasteiger partial charge on any atom is 0.280 e. The van der Waals surface area contributed by atoms with Gasteiger partial charge in [0.15, 0.2) is 18.7 Å². The van der Waals surface area contributed by atoms with Gasteiger partial charge in [-0.15, -0.1) is 0 Å². The molecular weight excluding hydrogens is 318 g/mol. The molecule has 0 radical (unpaired) electrons. The highest BCUT2D eigenvalue weighted by Crippen LogP contribution is 2.21. The summed E-state index contributed by atoms with van der Waals surface area (Å²) in [5, 5.41) is 9.48. The zero-order valence-electron chi connectivity index (χ0n) is 14.0. The summed E-state index contributed by atoms with van der Waals surface area (Å²) < 4.78 is 10.6. The molecule has 6 heteroatoms. The SMILES string of the molecule is COC(O)CCOc1cc(-c2cccc[nH+]2)[nH+]c(-c2cccc[nH+]2)c1. The Morgan fingerprint density at radius 3 is 2.00 bits per heavy atom. The van der Waals surface area contributed by atoms with Gasteiger partial charge in [-0.05, 0) is 12.1 Å². The van der Waals surface area contributed by atoms with E-state index in [9.17, 15) is 5.11 Å². The minimum atomic E-state index is -0.820. The first-order valence-electron chi connectivity index (χ1n) is 8.11. The summed E-state index contributed by atoms with van der Waals surface area (Å²) >= 11 is 0. The van der Waals surface area contributed by atoms with E-state index in [4.69, 9.17) is 9.47 Å². The standard InChI is InChI=1S/C19H19N3O3/c1-24-19(23)8-11-25-14-12-17(15-6-2-4-9-20-15)22-18(13-14)16-7-3-5-10-21-16/h2-7,9-10,12-13,19,23H,8,11H2,1H3/p+3. The molecule has 0 aliphatic carbocycles. The zero-order valence-corrected chi connectivity index (χ0v) is 14.0. The quantitative estimate of drug-likeness (QED) is 0.656. The van der Waals surface area contributed by atoms with Crippen LogP contribution in [0.4, 0.5) is 0 Å². The van der Waals surface area contributed by atoms with Crippen LogP contribution in [0.1, 0.15) is 6.42 Å². The highest BCUT2D eigenvalue weighted by Gasteiger charge is 2.21. The molecule has 0 spiro atoms. The molecule has 1 atom stereocenters. The molecule has 4 N–H and O–H groups in total. The van der Waals surface area contributed by atoms with Crippen molar-refractivity contribution in [2.24, 2.45) is 0 Å². The van der Waals surface area contributed by atoms with Crippen LogP contribution in [-0.2, 0) is 4.74 Å². The maximum atomic E-state index is 9.48. The number of hydrogen-bond acceptors (Lipinski definition) is 3. The van der Waals surface area contributed by atoms with Crippen molar-refractivity contribution in [3.8, 4) is 28.5 Å². The van der Waals surface area contributed by atoms with Crippen LogP contribution in [0, 0.1) is 0 Å². The van der Waals surface area contributed by atoms with Gasteiger partial charge < -0.3 is 14.6 Å². The second-order valence-corrected chi connectivity index (χ2v) is 5.52. The Balaban J connectivity index is 1.91. The Kier molecular flexibility index (Phi) is 5.66. The minimum Gasteiger partial charge on any atom is -0.493 e. The zero-order chi connectivity index (χ0) is 17.5. The highest BCUT2D eigenvalue weighted by molar-refractivity contribution is 5.55. The number of ether oxygens (including phenoxy) is 2. The smallest absolute Gasteiger partial charge is 0.280 e. The molecule has 0 aliphatic heterocycles. The van der Waals surface area contributed by atoms with Crippen molar-refractivity contribution < 1.29 is 29.5 Å². The summed E-state index contributed by atoms with van der Waals surface area (Å²) in [4.78, 5) is 9.85. The number of pyridine rings is 3. The monoisotopic (exact) mass is 340 g/mol. The van der Waals surface area contributed by atoms with Crippen molar-refractivity contribution in [1.29, 1.82) is 0 Å². The van der Waals surface area contributed by atoms with Crippen molar-refractivity contribution in [2.45, 2.75) is 12.7 Å². The van der Waals surface area contributed by atoms with Crippen LogP contribution >= 0.6 is 0 Å². The number of nitrogens with one attached hydrogen (secondary N) is 3. The Morgan fingerprint density at radius 1 is 0.920 bits per heavy atom. The van der Waals surface area contributed by atoms with Gasteiger partial charge in [-0.3, -0.25) is 0 Å². The van der Waals surface area contributed by atoms with E-state index in [2.05, 4.69) is 15.0 Å². The average Bonchev–Trinajstić information content (AvgIpc) is 2.69.